The predicted molar refractivity (Wildman–Crippen MR) is 101 cm³/mol. The molecule has 2 amide bonds. The number of unbranched alkanes of at least 4 members (excludes halogenated alkanes) is 1. The van der Waals surface area contributed by atoms with Crippen molar-refractivity contribution >= 4 is 23.9 Å². The topological polar surface area (TPSA) is 114 Å². The molecule has 0 fully saturated rings. The minimum absolute atomic E-state index is 0.102. The van der Waals surface area contributed by atoms with Crippen molar-refractivity contribution in [1.82, 2.24) is 5.32 Å². The lowest BCUT2D eigenvalue weighted by atomic mass is 10.1. The van der Waals surface area contributed by atoms with Crippen LogP contribution in [0.1, 0.15) is 49.2 Å². The molecule has 0 unspecified atom stereocenters. The monoisotopic (exact) mass is 373 g/mol. The molecule has 0 aliphatic rings. The second kappa shape index (κ2) is 11.4. The van der Waals surface area contributed by atoms with Crippen LogP contribution in [0, 0.1) is 5.92 Å². The summed E-state index contributed by atoms with van der Waals surface area (Å²) in [6.45, 7) is 3.70. The van der Waals surface area contributed by atoms with Gasteiger partial charge in [-0.05, 0) is 24.8 Å². The summed E-state index contributed by atoms with van der Waals surface area (Å²) in [7, 11) is 0. The number of hydrogen-bond donors (Lipinski definition) is 2. The highest BCUT2D eigenvalue weighted by Crippen LogP contribution is 2.05. The molecular weight excluding hydrogens is 350 g/mol. The molecule has 0 aliphatic heterocycles. The van der Waals surface area contributed by atoms with E-state index in [1.807, 2.05) is 19.9 Å². The van der Waals surface area contributed by atoms with Crippen molar-refractivity contribution in [1.29, 1.82) is 0 Å². The van der Waals surface area contributed by atoms with Crippen molar-refractivity contribution in [2.24, 2.45) is 5.92 Å². The molecule has 27 heavy (non-hydrogen) atoms. The number of imide groups is 1. The second-order valence-electron chi connectivity index (χ2n) is 6.14. The van der Waals surface area contributed by atoms with Gasteiger partial charge < -0.3 is 9.52 Å². The van der Waals surface area contributed by atoms with Crippen LogP contribution < -0.4 is 10.7 Å². The third-order valence-electron chi connectivity index (χ3n) is 3.21. The first-order chi connectivity index (χ1) is 12.8. The van der Waals surface area contributed by atoms with Crippen LogP contribution in [-0.2, 0) is 9.59 Å². The Morgan fingerprint density at radius 3 is 2.52 bits per heavy atom. The second-order valence-corrected chi connectivity index (χ2v) is 6.14. The number of carboxylic acids is 1. The lowest BCUT2D eigenvalue weighted by Crippen LogP contribution is -2.34. The van der Waals surface area contributed by atoms with Gasteiger partial charge in [0.1, 0.15) is 17.6 Å². The van der Waals surface area contributed by atoms with E-state index < -0.39 is 23.2 Å². The van der Waals surface area contributed by atoms with E-state index >= 15 is 0 Å². The molecule has 0 saturated heterocycles. The third kappa shape index (κ3) is 9.15. The molecule has 0 saturated carbocycles. The van der Waals surface area contributed by atoms with E-state index in [9.17, 15) is 19.2 Å². The van der Waals surface area contributed by atoms with E-state index in [0.29, 0.717) is 18.6 Å². The zero-order valence-electron chi connectivity index (χ0n) is 15.3. The summed E-state index contributed by atoms with van der Waals surface area (Å²) in [6, 6.07) is 1.18. The molecule has 0 aromatic carbocycles. The maximum Gasteiger partial charge on any atom is 0.328 e. The Morgan fingerprint density at radius 1 is 1.19 bits per heavy atom. The Kier molecular flexibility index (Phi) is 9.22. The lowest BCUT2D eigenvalue weighted by Gasteiger charge is -2.05. The van der Waals surface area contributed by atoms with Gasteiger partial charge in [-0.1, -0.05) is 38.2 Å². The maximum absolute atomic E-state index is 12.0. The van der Waals surface area contributed by atoms with Gasteiger partial charge in [0.15, 0.2) is 5.43 Å². The Balaban J connectivity index is 2.57. The molecule has 1 heterocycles. The zero-order valence-corrected chi connectivity index (χ0v) is 15.3. The van der Waals surface area contributed by atoms with Gasteiger partial charge in [0.05, 0.1) is 0 Å². The molecule has 0 atom stereocenters. The maximum atomic E-state index is 12.0. The Bertz CT molecular complexity index is 814. The van der Waals surface area contributed by atoms with Gasteiger partial charge in [-0.2, -0.15) is 0 Å². The summed E-state index contributed by atoms with van der Waals surface area (Å²) >= 11 is 0. The van der Waals surface area contributed by atoms with Crippen molar-refractivity contribution < 1.29 is 23.9 Å². The van der Waals surface area contributed by atoms with Gasteiger partial charge in [-0.25, -0.2) is 4.79 Å². The number of carboxylic acid groups (broad SMARTS) is 1. The van der Waals surface area contributed by atoms with Gasteiger partial charge in [0.25, 0.3) is 5.91 Å². The van der Waals surface area contributed by atoms with E-state index in [1.165, 1.54) is 12.1 Å². The van der Waals surface area contributed by atoms with Crippen molar-refractivity contribution in [3.05, 3.63) is 64.3 Å². The average Bonchev–Trinajstić information content (AvgIpc) is 2.56. The molecule has 0 radical (unpaired) electrons. The number of amides is 2. The molecule has 0 aliphatic carbocycles. The highest BCUT2D eigenvalue weighted by atomic mass is 16.4. The summed E-state index contributed by atoms with van der Waals surface area (Å²) in [4.78, 5) is 45.8. The van der Waals surface area contributed by atoms with Gasteiger partial charge in [0, 0.05) is 18.6 Å². The van der Waals surface area contributed by atoms with Gasteiger partial charge in [-0.3, -0.25) is 19.7 Å². The van der Waals surface area contributed by atoms with Crippen LogP contribution in [-0.4, -0.2) is 22.9 Å². The molecule has 1 aromatic rings. The zero-order chi connectivity index (χ0) is 20.2. The molecule has 7 heteroatoms. The lowest BCUT2D eigenvalue weighted by molar-refractivity contribution is -0.131. The molecule has 0 bridgehead atoms. The summed E-state index contributed by atoms with van der Waals surface area (Å²) in [5, 5.41) is 10.6. The first-order valence-corrected chi connectivity index (χ1v) is 8.49. The summed E-state index contributed by atoms with van der Waals surface area (Å²) in [5.74, 6) is -1.82. The summed E-state index contributed by atoms with van der Waals surface area (Å²) < 4.78 is 5.24. The molecule has 144 valence electrons. The normalized spacial score (nSPS) is 11.7. The van der Waals surface area contributed by atoms with E-state index in [-0.39, 0.29) is 17.9 Å². The van der Waals surface area contributed by atoms with E-state index in [0.717, 1.165) is 12.3 Å². The number of carbonyl (C=O) groups is 3. The van der Waals surface area contributed by atoms with Crippen LogP contribution >= 0.6 is 0 Å². The average molecular weight is 373 g/mol. The van der Waals surface area contributed by atoms with Crippen LogP contribution in [0.15, 0.2) is 51.9 Å². The van der Waals surface area contributed by atoms with Crippen molar-refractivity contribution in [2.75, 3.05) is 0 Å². The SMILES string of the molecule is CC(C)CC(=O)NC(=O)c1coc(C=CCCC=CC=CC(=O)O)cc1=O. The van der Waals surface area contributed by atoms with Crippen LogP contribution in [0.4, 0.5) is 0 Å². The van der Waals surface area contributed by atoms with E-state index in [4.69, 9.17) is 9.52 Å². The van der Waals surface area contributed by atoms with Crippen LogP contribution in [0.5, 0.6) is 0 Å². The quantitative estimate of drug-likeness (QED) is 0.391. The minimum atomic E-state index is -1.00. The highest BCUT2D eigenvalue weighted by molar-refractivity contribution is 6.04. The van der Waals surface area contributed by atoms with Gasteiger partial charge in [-0.15, -0.1) is 0 Å². The van der Waals surface area contributed by atoms with E-state index in [1.54, 1.807) is 18.2 Å². The Morgan fingerprint density at radius 2 is 1.89 bits per heavy atom. The van der Waals surface area contributed by atoms with Crippen LogP contribution in [0.25, 0.3) is 6.08 Å². The van der Waals surface area contributed by atoms with Crippen molar-refractivity contribution in [3.8, 4) is 0 Å². The number of rotatable bonds is 9. The van der Waals surface area contributed by atoms with Crippen molar-refractivity contribution in [3.63, 3.8) is 0 Å². The smallest absolute Gasteiger partial charge is 0.328 e. The summed E-state index contributed by atoms with van der Waals surface area (Å²) in [6.07, 6.45) is 11.9. The van der Waals surface area contributed by atoms with Crippen LogP contribution in [0.2, 0.25) is 0 Å². The molecule has 2 N–H and O–H groups in total. The third-order valence-corrected chi connectivity index (χ3v) is 3.21. The molecular formula is C20H23NO6. The highest BCUT2D eigenvalue weighted by Gasteiger charge is 2.15. The molecule has 1 rings (SSSR count). The Hall–Kier alpha value is -3.22. The summed E-state index contributed by atoms with van der Waals surface area (Å²) in [5.41, 5.74) is -0.758. The number of hydrogen-bond acceptors (Lipinski definition) is 5. The van der Waals surface area contributed by atoms with Crippen molar-refractivity contribution in [2.45, 2.75) is 33.1 Å². The fourth-order valence-corrected chi connectivity index (χ4v) is 2.00. The number of carbonyl (C=O) groups excluding carboxylic acids is 2. The van der Waals surface area contributed by atoms with Gasteiger partial charge in [0.2, 0.25) is 5.91 Å². The standard InChI is InChI=1S/C20H23NO6/c1-14(2)11-18(23)21-20(26)16-13-27-15(12-17(16)22)9-7-5-3-4-6-8-10-19(24)25/h4,6-10,12-14H,3,5,11H2,1-2H3,(H,24,25)(H,21,23,26). The first kappa shape index (κ1) is 21.8. The van der Waals surface area contributed by atoms with Crippen LogP contribution in [0.3, 0.4) is 0 Å². The number of allylic oxidation sites excluding steroid dienone is 4. The first-order valence-electron chi connectivity index (χ1n) is 8.49. The fourth-order valence-electron chi connectivity index (χ4n) is 2.00. The van der Waals surface area contributed by atoms with E-state index in [2.05, 4.69) is 5.32 Å². The fraction of sp³-hybridized carbons (Fsp3) is 0.300. The minimum Gasteiger partial charge on any atom is -0.478 e. The largest absolute Gasteiger partial charge is 0.478 e. The molecule has 1 aromatic heterocycles. The predicted octanol–water partition coefficient (Wildman–Crippen LogP) is 2.93. The number of nitrogens with one attached hydrogen (secondary N) is 1. The number of aliphatic carboxylic acids is 1. The molecule has 7 nitrogen and oxygen atoms in total. The van der Waals surface area contributed by atoms with Gasteiger partial charge >= 0.3 is 5.97 Å². The molecule has 0 spiro atoms. The Labute approximate surface area is 157 Å².